The van der Waals surface area contributed by atoms with E-state index in [1.54, 1.807) is 0 Å². The third-order valence-corrected chi connectivity index (χ3v) is 3.67. The second kappa shape index (κ2) is 5.13. The molecule has 4 heteroatoms. The highest BCUT2D eigenvalue weighted by molar-refractivity contribution is 5.71. The van der Waals surface area contributed by atoms with Gasteiger partial charge in [-0.1, -0.05) is 30.4 Å². The van der Waals surface area contributed by atoms with Gasteiger partial charge in [0.15, 0.2) is 0 Å². The van der Waals surface area contributed by atoms with E-state index >= 15 is 0 Å². The third kappa shape index (κ3) is 2.23. The van der Waals surface area contributed by atoms with E-state index in [9.17, 15) is 9.90 Å². The standard InChI is InChI=1S/C16H16O4/c1-10-5-4-8-13-12-7-3-2-6-11(12)9-19-16(15(17)18)20-14(10)13/h2,4-6,8-9,14,16H,3,7H2,1H3,(H,17,18)/b11-9?,13-12-. The largest absolute Gasteiger partial charge is 0.477 e. The summed E-state index contributed by atoms with van der Waals surface area (Å²) < 4.78 is 10.9. The average molecular weight is 272 g/mol. The average Bonchev–Trinajstić information content (AvgIpc) is 2.42. The van der Waals surface area contributed by atoms with Gasteiger partial charge < -0.3 is 14.6 Å². The Bertz CT molecular complexity index is 590. The van der Waals surface area contributed by atoms with Gasteiger partial charge in [-0.3, -0.25) is 0 Å². The van der Waals surface area contributed by atoms with E-state index in [0.717, 1.165) is 29.6 Å². The normalized spacial score (nSPS) is 32.0. The molecule has 0 fully saturated rings. The van der Waals surface area contributed by atoms with Crippen LogP contribution in [0.25, 0.3) is 0 Å². The first-order chi connectivity index (χ1) is 9.66. The van der Waals surface area contributed by atoms with Crippen LogP contribution in [0.3, 0.4) is 0 Å². The molecule has 2 unspecified atom stereocenters. The van der Waals surface area contributed by atoms with Gasteiger partial charge in [0.2, 0.25) is 0 Å². The molecular formula is C16H16O4. The van der Waals surface area contributed by atoms with Crippen molar-refractivity contribution in [2.75, 3.05) is 0 Å². The Kier molecular flexibility index (Phi) is 3.32. The van der Waals surface area contributed by atoms with Crippen LogP contribution in [0.4, 0.5) is 0 Å². The first-order valence-electron chi connectivity index (χ1n) is 6.65. The highest BCUT2D eigenvalue weighted by Gasteiger charge is 2.31. The third-order valence-electron chi connectivity index (χ3n) is 3.67. The van der Waals surface area contributed by atoms with Crippen LogP contribution in [-0.4, -0.2) is 23.5 Å². The fourth-order valence-electron chi connectivity index (χ4n) is 2.67. The summed E-state index contributed by atoms with van der Waals surface area (Å²) in [5.41, 5.74) is 4.13. The smallest absolute Gasteiger partial charge is 0.373 e. The van der Waals surface area contributed by atoms with Crippen molar-refractivity contribution < 1.29 is 19.4 Å². The van der Waals surface area contributed by atoms with Crippen molar-refractivity contribution in [1.82, 2.24) is 0 Å². The number of hydrogen-bond donors (Lipinski definition) is 1. The lowest BCUT2D eigenvalue weighted by atomic mass is 9.85. The summed E-state index contributed by atoms with van der Waals surface area (Å²) in [5.74, 6) is -1.12. The molecule has 2 atom stereocenters. The van der Waals surface area contributed by atoms with Crippen LogP contribution >= 0.6 is 0 Å². The molecule has 3 rings (SSSR count). The number of carboxylic acid groups (broad SMARTS) is 1. The maximum Gasteiger partial charge on any atom is 0.373 e. The molecule has 20 heavy (non-hydrogen) atoms. The molecule has 0 aromatic heterocycles. The van der Waals surface area contributed by atoms with Gasteiger partial charge in [0.1, 0.15) is 6.10 Å². The van der Waals surface area contributed by atoms with Gasteiger partial charge in [-0.25, -0.2) is 4.79 Å². The van der Waals surface area contributed by atoms with Crippen molar-refractivity contribution in [2.45, 2.75) is 32.2 Å². The maximum atomic E-state index is 11.2. The minimum Gasteiger partial charge on any atom is -0.477 e. The molecule has 3 aliphatic rings. The van der Waals surface area contributed by atoms with E-state index < -0.39 is 12.3 Å². The van der Waals surface area contributed by atoms with Crippen LogP contribution in [0.1, 0.15) is 19.8 Å². The Morgan fingerprint density at radius 1 is 1.40 bits per heavy atom. The number of aliphatic carboxylic acids is 1. The molecule has 0 bridgehead atoms. The number of fused-ring (bicyclic) bond motifs is 2. The van der Waals surface area contributed by atoms with Crippen molar-refractivity contribution >= 4 is 5.97 Å². The van der Waals surface area contributed by atoms with Crippen molar-refractivity contribution in [1.29, 1.82) is 0 Å². The molecule has 0 saturated carbocycles. The van der Waals surface area contributed by atoms with E-state index in [4.69, 9.17) is 9.47 Å². The lowest BCUT2D eigenvalue weighted by Crippen LogP contribution is -2.34. The fourth-order valence-corrected chi connectivity index (χ4v) is 2.67. The summed E-state index contributed by atoms with van der Waals surface area (Å²) >= 11 is 0. The molecule has 1 aliphatic heterocycles. The first kappa shape index (κ1) is 12.9. The Hall–Kier alpha value is -2.07. The minimum absolute atomic E-state index is 0.355. The molecule has 0 aromatic rings. The van der Waals surface area contributed by atoms with Crippen LogP contribution in [0.15, 0.2) is 58.9 Å². The van der Waals surface area contributed by atoms with Gasteiger partial charge in [0.25, 0.3) is 6.29 Å². The zero-order valence-electron chi connectivity index (χ0n) is 11.2. The Morgan fingerprint density at radius 3 is 3.05 bits per heavy atom. The zero-order chi connectivity index (χ0) is 14.1. The van der Waals surface area contributed by atoms with Crippen LogP contribution in [0.2, 0.25) is 0 Å². The van der Waals surface area contributed by atoms with Crippen molar-refractivity contribution in [3.05, 3.63) is 58.9 Å². The van der Waals surface area contributed by atoms with Gasteiger partial charge in [-0.2, -0.15) is 0 Å². The summed E-state index contributed by atoms with van der Waals surface area (Å²) in [4.78, 5) is 11.2. The van der Waals surface area contributed by atoms with Gasteiger partial charge in [0, 0.05) is 5.57 Å². The number of ether oxygens (including phenoxy) is 2. The zero-order valence-corrected chi connectivity index (χ0v) is 11.2. The summed E-state index contributed by atoms with van der Waals surface area (Å²) in [6.45, 7) is 1.94. The van der Waals surface area contributed by atoms with E-state index in [1.807, 2.05) is 31.2 Å². The summed E-state index contributed by atoms with van der Waals surface area (Å²) in [6.07, 6.45) is 11.7. The summed E-state index contributed by atoms with van der Waals surface area (Å²) in [6, 6.07) is 0. The molecule has 1 N–H and O–H groups in total. The van der Waals surface area contributed by atoms with E-state index in [2.05, 4.69) is 6.08 Å². The van der Waals surface area contributed by atoms with Crippen molar-refractivity contribution in [2.24, 2.45) is 0 Å². The van der Waals surface area contributed by atoms with Gasteiger partial charge in [-0.15, -0.1) is 0 Å². The molecule has 0 amide bonds. The lowest BCUT2D eigenvalue weighted by molar-refractivity contribution is -0.182. The predicted molar refractivity (Wildman–Crippen MR) is 73.8 cm³/mol. The highest BCUT2D eigenvalue weighted by Crippen LogP contribution is 2.35. The van der Waals surface area contributed by atoms with E-state index in [1.165, 1.54) is 11.8 Å². The topological polar surface area (TPSA) is 55.8 Å². The van der Waals surface area contributed by atoms with Gasteiger partial charge in [-0.05, 0) is 36.5 Å². The summed E-state index contributed by atoms with van der Waals surface area (Å²) in [7, 11) is 0. The van der Waals surface area contributed by atoms with Gasteiger partial charge >= 0.3 is 5.97 Å². The SMILES string of the molecule is CC1=CC=C/C2=C3\CCC=CC3=COC(C(=O)O)OC12. The van der Waals surface area contributed by atoms with Crippen molar-refractivity contribution in [3.63, 3.8) is 0 Å². The molecule has 4 nitrogen and oxygen atoms in total. The van der Waals surface area contributed by atoms with Crippen LogP contribution < -0.4 is 0 Å². The van der Waals surface area contributed by atoms with E-state index in [0.29, 0.717) is 0 Å². The second-order valence-electron chi connectivity index (χ2n) is 5.04. The molecule has 0 aromatic carbocycles. The Labute approximate surface area is 117 Å². The Balaban J connectivity index is 2.10. The fraction of sp³-hybridized carbons (Fsp3) is 0.312. The number of carboxylic acids is 1. The number of carbonyl (C=O) groups is 1. The number of allylic oxidation sites excluding steroid dienone is 6. The minimum atomic E-state index is -1.28. The number of hydrogen-bond acceptors (Lipinski definition) is 3. The molecule has 104 valence electrons. The quantitative estimate of drug-likeness (QED) is 0.797. The van der Waals surface area contributed by atoms with Crippen molar-refractivity contribution in [3.8, 4) is 0 Å². The maximum absolute atomic E-state index is 11.2. The summed E-state index contributed by atoms with van der Waals surface area (Å²) in [5, 5.41) is 9.18. The Morgan fingerprint density at radius 2 is 2.25 bits per heavy atom. The molecule has 0 radical (unpaired) electrons. The molecule has 2 aliphatic carbocycles. The second-order valence-corrected chi connectivity index (χ2v) is 5.04. The monoisotopic (exact) mass is 272 g/mol. The van der Waals surface area contributed by atoms with Crippen LogP contribution in [-0.2, 0) is 14.3 Å². The van der Waals surface area contributed by atoms with Crippen LogP contribution in [0.5, 0.6) is 0 Å². The lowest BCUT2D eigenvalue weighted by Gasteiger charge is -2.31. The number of rotatable bonds is 1. The molecule has 0 saturated heterocycles. The molecular weight excluding hydrogens is 256 g/mol. The highest BCUT2D eigenvalue weighted by atomic mass is 16.7. The van der Waals surface area contributed by atoms with E-state index in [-0.39, 0.29) is 6.10 Å². The molecule has 0 spiro atoms. The van der Waals surface area contributed by atoms with Crippen LogP contribution in [0, 0.1) is 0 Å². The van der Waals surface area contributed by atoms with Gasteiger partial charge in [0.05, 0.1) is 6.26 Å². The predicted octanol–water partition coefficient (Wildman–Crippen LogP) is 2.86. The first-order valence-corrected chi connectivity index (χ1v) is 6.65. The molecule has 1 heterocycles.